The van der Waals surface area contributed by atoms with Gasteiger partial charge in [-0.25, -0.2) is 0 Å². The molecule has 0 saturated carbocycles. The fourth-order valence-corrected chi connectivity index (χ4v) is 3.72. The van der Waals surface area contributed by atoms with Gasteiger partial charge in [-0.05, 0) is 45.3 Å². The largest absolute Gasteiger partial charge is 0.872 e. The quantitative estimate of drug-likeness (QED) is 0.902. The Morgan fingerprint density at radius 1 is 1.16 bits per heavy atom. The van der Waals surface area contributed by atoms with Crippen molar-refractivity contribution >= 4 is 29.1 Å². The zero-order valence-corrected chi connectivity index (χ0v) is 15.5. The minimum Gasteiger partial charge on any atom is -0.872 e. The van der Waals surface area contributed by atoms with Crippen molar-refractivity contribution < 1.29 is 15.0 Å². The summed E-state index contributed by atoms with van der Waals surface area (Å²) in [5.41, 5.74) is 2.39. The maximum absolute atomic E-state index is 11.6. The maximum Gasteiger partial charge on any atom is 0.300 e. The van der Waals surface area contributed by atoms with Gasteiger partial charge in [0, 0.05) is 23.3 Å². The molecule has 134 valence electrons. The highest BCUT2D eigenvalue weighted by atomic mass is 32.2. The molecule has 25 heavy (non-hydrogen) atoms. The molecular weight excluding hydrogens is 336 g/mol. The fourth-order valence-electron chi connectivity index (χ4n) is 2.60. The predicted octanol–water partition coefficient (Wildman–Crippen LogP) is 3.41. The number of carboxylic acid groups (broad SMARTS) is 1. The van der Waals surface area contributed by atoms with Crippen LogP contribution in [0.4, 0.5) is 11.4 Å². The number of fused-ring (bicyclic) bond motifs is 2. The van der Waals surface area contributed by atoms with E-state index in [4.69, 9.17) is 9.90 Å². The SMILES string of the molecule is CC(=O)O.CN(C)CCCN1c2ccccc2Sc2cc([O-])ccc21. The van der Waals surface area contributed by atoms with Crippen LogP contribution in [-0.4, -0.2) is 43.2 Å². The molecule has 0 amide bonds. The average molecular weight is 359 g/mol. The monoisotopic (exact) mass is 359 g/mol. The molecule has 2 aromatic rings. The normalized spacial score (nSPS) is 12.1. The Labute approximate surface area is 152 Å². The van der Waals surface area contributed by atoms with Crippen LogP contribution in [0.25, 0.3) is 0 Å². The smallest absolute Gasteiger partial charge is 0.300 e. The first-order chi connectivity index (χ1) is 11.9. The number of nitrogens with zero attached hydrogens (tertiary/aromatic N) is 2. The molecule has 0 radical (unpaired) electrons. The van der Waals surface area contributed by atoms with Gasteiger partial charge in [0.1, 0.15) is 0 Å². The standard InChI is InChI=1S/C17H20N2OS.C2H4O2/c1-18(2)10-5-11-19-14-6-3-4-7-16(14)21-17-12-13(20)8-9-15(17)19;1-2(3)4/h3-4,6-9,12,20H,5,10-11H2,1-2H3;1H3,(H,3,4)/p-1. The van der Waals surface area contributed by atoms with Gasteiger partial charge in [0.2, 0.25) is 0 Å². The maximum atomic E-state index is 11.6. The number of aliphatic carboxylic acids is 1. The second-order valence-corrected chi connectivity index (χ2v) is 7.11. The van der Waals surface area contributed by atoms with Crippen LogP contribution in [0.5, 0.6) is 5.75 Å². The summed E-state index contributed by atoms with van der Waals surface area (Å²) in [6.07, 6.45) is 1.09. The lowest BCUT2D eigenvalue weighted by Crippen LogP contribution is -2.25. The van der Waals surface area contributed by atoms with Crippen LogP contribution >= 0.6 is 11.8 Å². The van der Waals surface area contributed by atoms with Crippen molar-refractivity contribution in [1.29, 1.82) is 0 Å². The van der Waals surface area contributed by atoms with Gasteiger partial charge in [-0.2, -0.15) is 0 Å². The molecule has 3 rings (SSSR count). The van der Waals surface area contributed by atoms with Gasteiger partial charge in [0.15, 0.2) is 0 Å². The average Bonchev–Trinajstić information content (AvgIpc) is 2.53. The zero-order valence-electron chi connectivity index (χ0n) is 14.7. The van der Waals surface area contributed by atoms with Gasteiger partial charge in [0.05, 0.1) is 11.4 Å². The van der Waals surface area contributed by atoms with Gasteiger partial charge in [0.25, 0.3) is 5.97 Å². The topological polar surface area (TPSA) is 66.8 Å². The lowest BCUT2D eigenvalue weighted by molar-refractivity contribution is -0.268. The third-order valence-electron chi connectivity index (χ3n) is 3.59. The second-order valence-electron chi connectivity index (χ2n) is 6.03. The summed E-state index contributed by atoms with van der Waals surface area (Å²) in [4.78, 5) is 15.8. The lowest BCUT2D eigenvalue weighted by atomic mass is 10.2. The van der Waals surface area contributed by atoms with Crippen LogP contribution in [-0.2, 0) is 4.79 Å². The fraction of sp³-hybridized carbons (Fsp3) is 0.316. The van der Waals surface area contributed by atoms with Crippen molar-refractivity contribution in [1.82, 2.24) is 4.90 Å². The molecule has 0 bridgehead atoms. The highest BCUT2D eigenvalue weighted by Crippen LogP contribution is 2.48. The highest BCUT2D eigenvalue weighted by Gasteiger charge is 2.22. The number of benzene rings is 2. The van der Waals surface area contributed by atoms with Crippen LogP contribution in [0, 0.1) is 0 Å². The van der Waals surface area contributed by atoms with Crippen LogP contribution in [0.1, 0.15) is 13.3 Å². The van der Waals surface area contributed by atoms with E-state index in [0.29, 0.717) is 0 Å². The number of para-hydroxylation sites is 1. The van der Waals surface area contributed by atoms with Crippen molar-refractivity contribution in [2.24, 2.45) is 0 Å². The van der Waals surface area contributed by atoms with E-state index in [1.54, 1.807) is 23.9 Å². The first-order valence-corrected chi connectivity index (χ1v) is 8.90. The summed E-state index contributed by atoms with van der Waals surface area (Å²) in [7, 11) is 4.19. The molecular formula is C19H23N2O3S-. The van der Waals surface area contributed by atoms with Crippen molar-refractivity contribution in [3.63, 3.8) is 0 Å². The minimum atomic E-state index is -0.833. The highest BCUT2D eigenvalue weighted by molar-refractivity contribution is 7.99. The first-order valence-electron chi connectivity index (χ1n) is 8.08. The number of hydrogen-bond acceptors (Lipinski definition) is 5. The van der Waals surface area contributed by atoms with E-state index in [1.165, 1.54) is 10.6 Å². The molecule has 0 unspecified atom stereocenters. The van der Waals surface area contributed by atoms with Gasteiger partial charge in [-0.1, -0.05) is 36.0 Å². The Kier molecular flexibility index (Phi) is 6.73. The molecule has 1 aliphatic rings. The third-order valence-corrected chi connectivity index (χ3v) is 4.70. The lowest BCUT2D eigenvalue weighted by Gasteiger charge is -2.33. The Morgan fingerprint density at radius 3 is 2.48 bits per heavy atom. The molecule has 5 nitrogen and oxygen atoms in total. The number of rotatable bonds is 4. The summed E-state index contributed by atoms with van der Waals surface area (Å²) in [6, 6.07) is 13.8. The summed E-state index contributed by atoms with van der Waals surface area (Å²) in [6.45, 7) is 3.10. The van der Waals surface area contributed by atoms with Crippen LogP contribution in [0.3, 0.4) is 0 Å². The Morgan fingerprint density at radius 2 is 1.80 bits per heavy atom. The first kappa shape index (κ1) is 19.1. The van der Waals surface area contributed by atoms with E-state index in [0.717, 1.165) is 37.0 Å². The van der Waals surface area contributed by atoms with E-state index in [9.17, 15) is 5.11 Å². The number of carboxylic acids is 1. The molecule has 1 N–H and O–H groups in total. The summed E-state index contributed by atoms with van der Waals surface area (Å²) in [5, 5.41) is 19.0. The summed E-state index contributed by atoms with van der Waals surface area (Å²) >= 11 is 1.69. The van der Waals surface area contributed by atoms with Gasteiger partial charge in [-0.15, -0.1) is 5.75 Å². The van der Waals surface area contributed by atoms with Crippen LogP contribution in [0.2, 0.25) is 0 Å². The molecule has 6 heteroatoms. The van der Waals surface area contributed by atoms with Gasteiger partial charge in [-0.3, -0.25) is 4.79 Å². The van der Waals surface area contributed by atoms with E-state index in [-0.39, 0.29) is 5.75 Å². The number of carbonyl (C=O) groups is 1. The molecule has 0 aliphatic carbocycles. The Balaban J connectivity index is 0.000000511. The molecule has 0 spiro atoms. The molecule has 0 fully saturated rings. The van der Waals surface area contributed by atoms with Crippen molar-refractivity contribution in [2.45, 2.75) is 23.1 Å². The van der Waals surface area contributed by atoms with Crippen molar-refractivity contribution in [3.8, 4) is 5.75 Å². The van der Waals surface area contributed by atoms with Gasteiger partial charge >= 0.3 is 0 Å². The van der Waals surface area contributed by atoms with E-state index < -0.39 is 5.97 Å². The number of anilines is 2. The minimum absolute atomic E-state index is 0.0777. The third kappa shape index (κ3) is 5.41. The van der Waals surface area contributed by atoms with Crippen molar-refractivity contribution in [2.75, 3.05) is 32.1 Å². The molecule has 1 aliphatic heterocycles. The molecule has 2 aromatic carbocycles. The van der Waals surface area contributed by atoms with Crippen molar-refractivity contribution in [3.05, 3.63) is 42.5 Å². The molecule has 0 atom stereocenters. The van der Waals surface area contributed by atoms with E-state index >= 15 is 0 Å². The summed E-state index contributed by atoms with van der Waals surface area (Å²) < 4.78 is 0. The van der Waals surface area contributed by atoms with Crippen LogP contribution in [0.15, 0.2) is 52.3 Å². The van der Waals surface area contributed by atoms with Crippen LogP contribution < -0.4 is 10.0 Å². The Hall–Kier alpha value is -2.18. The second kappa shape index (κ2) is 8.78. The zero-order chi connectivity index (χ0) is 18.4. The molecule has 0 aromatic heterocycles. The molecule has 0 saturated heterocycles. The predicted molar refractivity (Wildman–Crippen MR) is 99.9 cm³/mol. The Bertz CT molecular complexity index is 730. The van der Waals surface area contributed by atoms with E-state index in [1.807, 2.05) is 6.07 Å². The molecule has 1 heterocycles. The number of hydrogen-bond donors (Lipinski definition) is 1. The van der Waals surface area contributed by atoms with E-state index in [2.05, 4.69) is 48.2 Å². The summed E-state index contributed by atoms with van der Waals surface area (Å²) in [5.74, 6) is -0.756. The van der Waals surface area contributed by atoms with Gasteiger partial charge < -0.3 is 20.0 Å².